The quantitative estimate of drug-likeness (QED) is 0.733. The molecule has 0 aliphatic heterocycles. The van der Waals surface area contributed by atoms with Gasteiger partial charge in [0, 0.05) is 31.0 Å². The van der Waals surface area contributed by atoms with Crippen molar-refractivity contribution in [2.45, 2.75) is 6.42 Å². The highest BCUT2D eigenvalue weighted by atomic mass is 35.5. The van der Waals surface area contributed by atoms with E-state index in [0.717, 1.165) is 12.1 Å². The Labute approximate surface area is 106 Å². The molecule has 0 saturated heterocycles. The molecule has 1 rings (SSSR count). The second-order valence-electron chi connectivity index (χ2n) is 3.56. The predicted molar refractivity (Wildman–Crippen MR) is 69.4 cm³/mol. The van der Waals surface area contributed by atoms with Crippen molar-refractivity contribution >= 4 is 23.2 Å². The number of anilines is 1. The molecule has 4 nitrogen and oxygen atoms in total. The lowest BCUT2D eigenvalue weighted by Crippen LogP contribution is -2.31. The molecule has 17 heavy (non-hydrogen) atoms. The molecule has 0 spiro atoms. The van der Waals surface area contributed by atoms with Crippen LogP contribution in [0.2, 0.25) is 5.02 Å². The molecule has 0 fully saturated rings. The summed E-state index contributed by atoms with van der Waals surface area (Å²) in [5, 5.41) is 6.48. The number of amides is 1. The maximum atomic E-state index is 11.4. The molecule has 0 bridgehead atoms. The van der Waals surface area contributed by atoms with Crippen LogP contribution in [0.4, 0.5) is 5.69 Å². The Morgan fingerprint density at radius 3 is 2.71 bits per heavy atom. The molecule has 1 amide bonds. The van der Waals surface area contributed by atoms with E-state index in [4.69, 9.17) is 16.3 Å². The van der Waals surface area contributed by atoms with Gasteiger partial charge < -0.3 is 15.4 Å². The molecule has 94 valence electrons. The first-order valence-electron chi connectivity index (χ1n) is 5.47. The first kappa shape index (κ1) is 13.8. The Hall–Kier alpha value is -1.26. The fourth-order valence-corrected chi connectivity index (χ4v) is 1.38. The van der Waals surface area contributed by atoms with Gasteiger partial charge >= 0.3 is 0 Å². The summed E-state index contributed by atoms with van der Waals surface area (Å²) in [5.74, 6) is -0.0314. The van der Waals surface area contributed by atoms with E-state index in [1.807, 2.05) is 12.1 Å². The topological polar surface area (TPSA) is 50.4 Å². The van der Waals surface area contributed by atoms with Gasteiger partial charge in [-0.25, -0.2) is 0 Å². The van der Waals surface area contributed by atoms with Crippen LogP contribution in [0.15, 0.2) is 24.3 Å². The molecule has 0 heterocycles. The molecule has 0 unspecified atom stereocenters. The molecule has 5 heteroatoms. The maximum Gasteiger partial charge on any atom is 0.239 e. The van der Waals surface area contributed by atoms with Crippen LogP contribution >= 0.6 is 11.6 Å². The average Bonchev–Trinajstić information content (AvgIpc) is 2.34. The molecule has 2 N–H and O–H groups in total. The van der Waals surface area contributed by atoms with Crippen molar-refractivity contribution in [2.24, 2.45) is 0 Å². The van der Waals surface area contributed by atoms with Crippen molar-refractivity contribution in [1.29, 1.82) is 0 Å². The van der Waals surface area contributed by atoms with Crippen molar-refractivity contribution in [1.82, 2.24) is 5.32 Å². The molecule has 0 radical (unpaired) electrons. The third-order valence-corrected chi connectivity index (χ3v) is 2.40. The van der Waals surface area contributed by atoms with Crippen molar-refractivity contribution in [2.75, 3.05) is 32.1 Å². The summed E-state index contributed by atoms with van der Waals surface area (Å²) in [7, 11) is 1.64. The summed E-state index contributed by atoms with van der Waals surface area (Å²) in [6.07, 6.45) is 0.823. The molecule has 0 saturated carbocycles. The first-order valence-corrected chi connectivity index (χ1v) is 5.85. The minimum absolute atomic E-state index is 0.0314. The van der Waals surface area contributed by atoms with E-state index in [9.17, 15) is 4.79 Å². The third kappa shape index (κ3) is 6.14. The van der Waals surface area contributed by atoms with Crippen LogP contribution in [0.3, 0.4) is 0 Å². The molecule has 0 aliphatic rings. The van der Waals surface area contributed by atoms with Gasteiger partial charge in [0.1, 0.15) is 0 Å². The summed E-state index contributed by atoms with van der Waals surface area (Å²) in [4.78, 5) is 11.4. The van der Waals surface area contributed by atoms with E-state index in [1.54, 1.807) is 19.2 Å². The zero-order chi connectivity index (χ0) is 12.5. The number of halogens is 1. The van der Waals surface area contributed by atoms with E-state index in [1.165, 1.54) is 0 Å². The van der Waals surface area contributed by atoms with Gasteiger partial charge in [0.15, 0.2) is 0 Å². The highest BCUT2D eigenvalue weighted by molar-refractivity contribution is 6.30. The third-order valence-electron chi connectivity index (χ3n) is 2.14. The highest BCUT2D eigenvalue weighted by Crippen LogP contribution is 2.12. The summed E-state index contributed by atoms with van der Waals surface area (Å²) < 4.78 is 4.88. The molecule has 1 aromatic carbocycles. The van der Waals surface area contributed by atoms with E-state index < -0.39 is 0 Å². The Morgan fingerprint density at radius 1 is 1.35 bits per heavy atom. The molecule has 1 aromatic rings. The van der Waals surface area contributed by atoms with Gasteiger partial charge in [-0.1, -0.05) is 11.6 Å². The minimum Gasteiger partial charge on any atom is -0.385 e. The number of carbonyl (C=O) groups is 1. The fourth-order valence-electron chi connectivity index (χ4n) is 1.26. The van der Waals surface area contributed by atoms with Crippen LogP contribution in [0, 0.1) is 0 Å². The molecule has 0 aromatic heterocycles. The van der Waals surface area contributed by atoms with E-state index >= 15 is 0 Å². The molecular formula is C12H17ClN2O2. The number of ether oxygens (including phenoxy) is 1. The zero-order valence-corrected chi connectivity index (χ0v) is 10.6. The Balaban J connectivity index is 2.17. The minimum atomic E-state index is -0.0314. The lowest BCUT2D eigenvalue weighted by Gasteiger charge is -2.07. The van der Waals surface area contributed by atoms with E-state index in [0.29, 0.717) is 18.2 Å². The number of hydrogen-bond acceptors (Lipinski definition) is 3. The van der Waals surface area contributed by atoms with Crippen LogP contribution in [0.1, 0.15) is 6.42 Å². The summed E-state index contributed by atoms with van der Waals surface area (Å²) in [6, 6.07) is 7.22. The SMILES string of the molecule is COCCCNC(=O)CNc1ccc(Cl)cc1. The summed E-state index contributed by atoms with van der Waals surface area (Å²) in [5.41, 5.74) is 0.876. The first-order chi connectivity index (χ1) is 8.22. The fraction of sp³-hybridized carbons (Fsp3) is 0.417. The van der Waals surface area contributed by atoms with Crippen LogP contribution in [0.5, 0.6) is 0 Å². The van der Waals surface area contributed by atoms with E-state index in [2.05, 4.69) is 10.6 Å². The average molecular weight is 257 g/mol. The normalized spacial score (nSPS) is 10.0. The zero-order valence-electron chi connectivity index (χ0n) is 9.83. The van der Waals surface area contributed by atoms with Crippen LogP contribution < -0.4 is 10.6 Å². The van der Waals surface area contributed by atoms with Gasteiger partial charge in [-0.05, 0) is 30.7 Å². The van der Waals surface area contributed by atoms with Crippen molar-refractivity contribution in [3.05, 3.63) is 29.3 Å². The van der Waals surface area contributed by atoms with Crippen molar-refractivity contribution in [3.63, 3.8) is 0 Å². The maximum absolute atomic E-state index is 11.4. The number of nitrogens with one attached hydrogen (secondary N) is 2. The van der Waals surface area contributed by atoms with Crippen LogP contribution in [0.25, 0.3) is 0 Å². The number of hydrogen-bond donors (Lipinski definition) is 2. The predicted octanol–water partition coefficient (Wildman–Crippen LogP) is 1.90. The number of methoxy groups -OCH3 is 1. The molecular weight excluding hydrogens is 240 g/mol. The Morgan fingerprint density at radius 2 is 2.06 bits per heavy atom. The standard InChI is InChI=1S/C12H17ClN2O2/c1-17-8-2-7-14-12(16)9-15-11-5-3-10(13)4-6-11/h3-6,15H,2,7-9H2,1H3,(H,14,16). The highest BCUT2D eigenvalue weighted by Gasteiger charge is 2.00. The van der Waals surface area contributed by atoms with Gasteiger partial charge in [-0.3, -0.25) is 4.79 Å². The van der Waals surface area contributed by atoms with Crippen LogP contribution in [-0.2, 0) is 9.53 Å². The van der Waals surface area contributed by atoms with Gasteiger partial charge in [-0.15, -0.1) is 0 Å². The number of rotatable bonds is 7. The second kappa shape index (κ2) is 7.92. The van der Waals surface area contributed by atoms with Gasteiger partial charge in [0.2, 0.25) is 5.91 Å². The smallest absolute Gasteiger partial charge is 0.239 e. The number of carbonyl (C=O) groups excluding carboxylic acids is 1. The summed E-state index contributed by atoms with van der Waals surface area (Å²) in [6.45, 7) is 1.55. The van der Waals surface area contributed by atoms with Crippen LogP contribution in [-0.4, -0.2) is 32.7 Å². The Kier molecular flexibility index (Phi) is 6.43. The van der Waals surface area contributed by atoms with Gasteiger partial charge in [0.05, 0.1) is 6.54 Å². The largest absolute Gasteiger partial charge is 0.385 e. The van der Waals surface area contributed by atoms with E-state index in [-0.39, 0.29) is 12.5 Å². The monoisotopic (exact) mass is 256 g/mol. The Bertz CT molecular complexity index is 341. The molecule has 0 aliphatic carbocycles. The number of benzene rings is 1. The van der Waals surface area contributed by atoms with Crippen molar-refractivity contribution in [3.8, 4) is 0 Å². The summed E-state index contributed by atoms with van der Waals surface area (Å²) >= 11 is 5.75. The lowest BCUT2D eigenvalue weighted by molar-refractivity contribution is -0.119. The van der Waals surface area contributed by atoms with Gasteiger partial charge in [0.25, 0.3) is 0 Å². The second-order valence-corrected chi connectivity index (χ2v) is 3.99. The molecule has 0 atom stereocenters. The lowest BCUT2D eigenvalue weighted by atomic mass is 10.3. The van der Waals surface area contributed by atoms with Gasteiger partial charge in [-0.2, -0.15) is 0 Å². The van der Waals surface area contributed by atoms with Crippen molar-refractivity contribution < 1.29 is 9.53 Å².